The average molecular weight is 921 g/mol. The summed E-state index contributed by atoms with van der Waals surface area (Å²) >= 11 is 0. The molecule has 1 fully saturated rings. The van der Waals surface area contributed by atoms with Crippen LogP contribution >= 0.6 is 0 Å². The van der Waals surface area contributed by atoms with Crippen LogP contribution in [0.25, 0.3) is 44.3 Å². The number of nitrogens with zero attached hydrogens (tertiary/aromatic N) is 5. The number of anilines is 1. The van der Waals surface area contributed by atoms with Gasteiger partial charge in [-0.25, -0.2) is 4.79 Å². The predicted octanol–water partition coefficient (Wildman–Crippen LogP) is 7.98. The van der Waals surface area contributed by atoms with Crippen LogP contribution in [0.2, 0.25) is 0 Å². The third-order valence-corrected chi connectivity index (χ3v) is 8.27. The Balaban J connectivity index is 0.000000195. The monoisotopic (exact) mass is 921 g/mol. The Bertz CT molecular complexity index is 2200. The average Bonchev–Trinajstić information content (AvgIpc) is 3.56. The van der Waals surface area contributed by atoms with Crippen molar-refractivity contribution in [3.05, 3.63) is 152 Å². The molecular formula is C44H36IrN6O5-2. The van der Waals surface area contributed by atoms with Gasteiger partial charge in [0.1, 0.15) is 0 Å². The number of unbranched alkanes of at least 4 members (excludes halogenated alkanes) is 1. The van der Waals surface area contributed by atoms with E-state index in [2.05, 4.69) is 37.4 Å². The Morgan fingerprint density at radius 2 is 1.20 bits per heavy atom. The molecule has 0 spiro atoms. The first kappa shape index (κ1) is 40.7. The van der Waals surface area contributed by atoms with E-state index in [4.69, 9.17) is 4.84 Å². The number of hydroxylamine groups is 2. The summed E-state index contributed by atoms with van der Waals surface area (Å²) in [6, 6.07) is 42.9. The Kier molecular flexibility index (Phi) is 15.1. The molecule has 0 saturated carbocycles. The number of benzene rings is 3. The Morgan fingerprint density at radius 3 is 1.77 bits per heavy atom. The minimum Gasteiger partial charge on any atom is -0.330 e. The summed E-state index contributed by atoms with van der Waals surface area (Å²) in [6.07, 6.45) is 8.15. The van der Waals surface area contributed by atoms with Gasteiger partial charge in [-0.05, 0) is 60.6 Å². The fourth-order valence-electron chi connectivity index (χ4n) is 5.60. The number of carbonyl (C=O) groups is 4. The minimum atomic E-state index is -0.664. The van der Waals surface area contributed by atoms with Crippen molar-refractivity contribution >= 4 is 51.2 Å². The molecule has 8 rings (SSSR count). The number of aromatic nitrogens is 4. The van der Waals surface area contributed by atoms with Crippen molar-refractivity contribution in [2.45, 2.75) is 38.5 Å². The maximum absolute atomic E-state index is 12.4. The number of fused-ring (bicyclic) bond motifs is 3. The molecule has 1 radical (unpaired) electrons. The van der Waals surface area contributed by atoms with Crippen molar-refractivity contribution in [1.29, 1.82) is 0 Å². The molecule has 1 aliphatic heterocycles. The summed E-state index contributed by atoms with van der Waals surface area (Å²) in [4.78, 5) is 69.2. The number of carbonyl (C=O) groups excluding carboxylic acids is 4. The number of rotatable bonds is 9. The van der Waals surface area contributed by atoms with E-state index in [1.165, 1.54) is 0 Å². The van der Waals surface area contributed by atoms with Crippen molar-refractivity contribution in [2.24, 2.45) is 0 Å². The molecule has 3 amide bonds. The molecule has 56 heavy (non-hydrogen) atoms. The molecule has 0 bridgehead atoms. The van der Waals surface area contributed by atoms with Crippen molar-refractivity contribution in [3.8, 4) is 22.5 Å². The largest absolute Gasteiger partial charge is 0.333 e. The number of hydrogen-bond acceptors (Lipinski definition) is 9. The topological polar surface area (TPSA) is 144 Å². The van der Waals surface area contributed by atoms with Gasteiger partial charge in [0.05, 0.1) is 16.7 Å². The first-order chi connectivity index (χ1) is 27.0. The number of nitrogens with one attached hydrogen (secondary N) is 1. The van der Waals surface area contributed by atoms with E-state index >= 15 is 0 Å². The van der Waals surface area contributed by atoms with Crippen LogP contribution in [-0.2, 0) is 44.1 Å². The molecule has 11 nitrogen and oxygen atoms in total. The number of hydrogen-bond donors (Lipinski definition) is 1. The molecule has 5 heterocycles. The van der Waals surface area contributed by atoms with Crippen LogP contribution in [0.4, 0.5) is 5.69 Å². The van der Waals surface area contributed by atoms with E-state index in [0.717, 1.165) is 38.8 Å². The van der Waals surface area contributed by atoms with Gasteiger partial charge in [-0.15, -0.1) is 76.9 Å². The molecule has 4 aromatic heterocycles. The zero-order valence-corrected chi connectivity index (χ0v) is 32.5. The maximum atomic E-state index is 12.4. The summed E-state index contributed by atoms with van der Waals surface area (Å²) in [5.74, 6) is -1.87. The number of pyridine rings is 4. The number of imide groups is 1. The molecule has 0 aliphatic carbocycles. The maximum Gasteiger partial charge on any atom is 0.333 e. The van der Waals surface area contributed by atoms with E-state index in [0.29, 0.717) is 29.1 Å². The third-order valence-electron chi connectivity index (χ3n) is 8.27. The van der Waals surface area contributed by atoms with Gasteiger partial charge in [0, 0.05) is 81.3 Å². The second kappa shape index (κ2) is 20.8. The molecule has 0 unspecified atom stereocenters. The zero-order chi connectivity index (χ0) is 38.2. The molecule has 7 aromatic rings. The smallest absolute Gasteiger partial charge is 0.330 e. The predicted molar refractivity (Wildman–Crippen MR) is 208 cm³/mol. The van der Waals surface area contributed by atoms with Crippen molar-refractivity contribution in [1.82, 2.24) is 25.0 Å². The Labute approximate surface area is 337 Å². The van der Waals surface area contributed by atoms with Crippen LogP contribution in [0.1, 0.15) is 38.5 Å². The molecule has 1 aliphatic rings. The van der Waals surface area contributed by atoms with Gasteiger partial charge in [0.25, 0.3) is 11.8 Å². The summed E-state index contributed by atoms with van der Waals surface area (Å²) in [5.41, 5.74) is 6.15. The van der Waals surface area contributed by atoms with Crippen molar-refractivity contribution in [3.63, 3.8) is 0 Å². The van der Waals surface area contributed by atoms with Gasteiger partial charge in [0.15, 0.2) is 0 Å². The molecule has 0 atom stereocenters. The summed E-state index contributed by atoms with van der Waals surface area (Å²) in [5, 5.41) is 5.12. The van der Waals surface area contributed by atoms with Gasteiger partial charge >= 0.3 is 5.97 Å². The van der Waals surface area contributed by atoms with E-state index < -0.39 is 17.8 Å². The summed E-state index contributed by atoms with van der Waals surface area (Å²) in [7, 11) is 0. The first-order valence-electron chi connectivity index (χ1n) is 17.7. The normalized spacial score (nSPS) is 11.8. The standard InChI is InChI=1S/C22H20N4O5.2C11H8N.Ir/c27-17(7-1-2-8-20(30)31-26-18(28)9-10-19(26)29)25-16-13-14-5-3-11-23-21(14)22-15(16)6-4-12-24-22;2*1-2-6-10(7-3-1)11-8-4-5-9-12-11;/h3-6,11-13H,1-2,7-10H2,(H,25,27);2*1-6,8-9H;/q;2*-1;. The quantitative estimate of drug-likeness (QED) is 0.0660. The van der Waals surface area contributed by atoms with Crippen molar-refractivity contribution < 1.29 is 44.1 Å². The van der Waals surface area contributed by atoms with Gasteiger partial charge in [-0.2, -0.15) is 0 Å². The van der Waals surface area contributed by atoms with E-state index in [-0.39, 0.29) is 51.7 Å². The van der Waals surface area contributed by atoms with Gasteiger partial charge in [-0.1, -0.05) is 30.3 Å². The van der Waals surface area contributed by atoms with E-state index in [1.54, 1.807) is 30.9 Å². The second-order valence-electron chi connectivity index (χ2n) is 12.2. The van der Waals surface area contributed by atoms with E-state index in [1.807, 2.05) is 109 Å². The van der Waals surface area contributed by atoms with Crippen LogP contribution in [0.5, 0.6) is 0 Å². The SMILES string of the molecule is O=C(CCCCC(=O)ON1C(=O)CCC1=O)Nc1cc2cccnc2c2ncccc12.[Ir].[c-]1ccccc1-c1ccccn1.[c-]1ccccc1-c1ccccn1. The third kappa shape index (κ3) is 11.3. The molecule has 1 saturated heterocycles. The Morgan fingerprint density at radius 1 is 0.643 bits per heavy atom. The molecule has 3 aromatic carbocycles. The van der Waals surface area contributed by atoms with Crippen LogP contribution < -0.4 is 5.32 Å². The Hall–Kier alpha value is -6.49. The van der Waals surface area contributed by atoms with Gasteiger partial charge < -0.3 is 20.1 Å². The zero-order valence-electron chi connectivity index (χ0n) is 30.1. The van der Waals surface area contributed by atoms with Gasteiger partial charge in [-0.3, -0.25) is 24.4 Å². The number of amides is 3. The van der Waals surface area contributed by atoms with Crippen LogP contribution in [0.15, 0.2) is 140 Å². The van der Waals surface area contributed by atoms with Crippen LogP contribution in [0.3, 0.4) is 0 Å². The van der Waals surface area contributed by atoms with Gasteiger partial charge in [0.2, 0.25) is 5.91 Å². The van der Waals surface area contributed by atoms with Crippen molar-refractivity contribution in [2.75, 3.05) is 5.32 Å². The minimum absolute atomic E-state index is 0. The fourth-order valence-corrected chi connectivity index (χ4v) is 5.60. The molecule has 12 heteroatoms. The summed E-state index contributed by atoms with van der Waals surface area (Å²) < 4.78 is 0. The first-order valence-corrected chi connectivity index (χ1v) is 17.7. The fraction of sp³-hybridized carbons (Fsp3) is 0.136. The second-order valence-corrected chi connectivity index (χ2v) is 12.2. The van der Waals surface area contributed by atoms with E-state index in [9.17, 15) is 19.2 Å². The molecule has 283 valence electrons. The van der Waals surface area contributed by atoms with Crippen LogP contribution in [0, 0.1) is 12.1 Å². The molecule has 1 N–H and O–H groups in total. The molecular weight excluding hydrogens is 885 g/mol. The summed E-state index contributed by atoms with van der Waals surface area (Å²) in [6.45, 7) is 0. The van der Waals surface area contributed by atoms with Crippen LogP contribution in [-0.4, -0.2) is 48.7 Å².